The van der Waals surface area contributed by atoms with Crippen molar-refractivity contribution in [3.05, 3.63) is 29.6 Å². The highest BCUT2D eigenvalue weighted by molar-refractivity contribution is 5.15. The van der Waals surface area contributed by atoms with Crippen LogP contribution in [0.2, 0.25) is 0 Å². The van der Waals surface area contributed by atoms with Crippen molar-refractivity contribution in [3.63, 3.8) is 0 Å². The highest BCUT2D eigenvalue weighted by atomic mass is 16.3. The molecule has 2 nitrogen and oxygen atoms in total. The molecule has 0 bridgehead atoms. The van der Waals surface area contributed by atoms with E-state index in [4.69, 9.17) is 0 Å². The summed E-state index contributed by atoms with van der Waals surface area (Å²) in [5.74, 6) is 0.241. The van der Waals surface area contributed by atoms with Crippen LogP contribution in [0.3, 0.4) is 0 Å². The van der Waals surface area contributed by atoms with Crippen LogP contribution in [0.25, 0.3) is 0 Å². The molecule has 0 saturated heterocycles. The van der Waals surface area contributed by atoms with E-state index in [9.17, 15) is 5.11 Å². The predicted molar refractivity (Wildman–Crippen MR) is 62.8 cm³/mol. The molecule has 0 aliphatic heterocycles. The van der Waals surface area contributed by atoms with Crippen molar-refractivity contribution in [2.24, 2.45) is 5.92 Å². The van der Waals surface area contributed by atoms with Crippen LogP contribution in [0.15, 0.2) is 18.3 Å². The Morgan fingerprint density at radius 1 is 1.40 bits per heavy atom. The molecule has 0 spiro atoms. The Hall–Kier alpha value is -0.890. The maximum Gasteiger partial charge on any atom is 0.0697 e. The van der Waals surface area contributed by atoms with E-state index in [1.807, 2.05) is 33.0 Å². The normalized spacial score (nSPS) is 15.3. The highest BCUT2D eigenvalue weighted by Gasteiger charge is 2.25. The van der Waals surface area contributed by atoms with E-state index in [1.54, 1.807) is 0 Å². The highest BCUT2D eigenvalue weighted by Crippen LogP contribution is 2.20. The van der Waals surface area contributed by atoms with Gasteiger partial charge in [-0.2, -0.15) is 0 Å². The number of pyridine rings is 1. The number of hydrogen-bond donors (Lipinski definition) is 1. The molecule has 1 aromatic heterocycles. The van der Waals surface area contributed by atoms with Gasteiger partial charge in [0, 0.05) is 18.3 Å². The third-order valence-corrected chi connectivity index (χ3v) is 3.08. The van der Waals surface area contributed by atoms with Gasteiger partial charge in [-0.05, 0) is 30.9 Å². The first-order chi connectivity index (χ1) is 6.95. The number of rotatable bonds is 4. The molecule has 0 aliphatic rings. The van der Waals surface area contributed by atoms with Crippen molar-refractivity contribution in [3.8, 4) is 0 Å². The Bertz CT molecular complexity index is 301. The van der Waals surface area contributed by atoms with Gasteiger partial charge < -0.3 is 5.11 Å². The second kappa shape index (κ2) is 4.75. The molecule has 1 rings (SSSR count). The van der Waals surface area contributed by atoms with Gasteiger partial charge in [-0.25, -0.2) is 0 Å². The zero-order valence-corrected chi connectivity index (χ0v) is 10.1. The van der Waals surface area contributed by atoms with Gasteiger partial charge >= 0.3 is 0 Å². The summed E-state index contributed by atoms with van der Waals surface area (Å²) < 4.78 is 0. The van der Waals surface area contributed by atoms with Crippen LogP contribution in [-0.4, -0.2) is 15.7 Å². The molecule has 1 atom stereocenters. The smallest absolute Gasteiger partial charge is 0.0697 e. The molecule has 2 heteroatoms. The fourth-order valence-electron chi connectivity index (χ4n) is 1.34. The summed E-state index contributed by atoms with van der Waals surface area (Å²) in [6, 6.07) is 4.09. The van der Waals surface area contributed by atoms with Gasteiger partial charge in [-0.3, -0.25) is 4.98 Å². The van der Waals surface area contributed by atoms with Gasteiger partial charge in [0.25, 0.3) is 0 Å². The SMILES string of the molecule is CCc1ccc(CC(C)(O)C(C)C)nc1. The van der Waals surface area contributed by atoms with Gasteiger partial charge in [-0.1, -0.05) is 26.8 Å². The molecule has 0 amide bonds. The molecule has 15 heavy (non-hydrogen) atoms. The lowest BCUT2D eigenvalue weighted by Gasteiger charge is -2.27. The molecule has 0 aliphatic carbocycles. The maximum atomic E-state index is 10.1. The van der Waals surface area contributed by atoms with Crippen molar-refractivity contribution >= 4 is 0 Å². The summed E-state index contributed by atoms with van der Waals surface area (Å²) in [5.41, 5.74) is 1.54. The molecule has 0 saturated carbocycles. The Kier molecular flexibility index (Phi) is 3.86. The fourth-order valence-corrected chi connectivity index (χ4v) is 1.34. The van der Waals surface area contributed by atoms with Crippen molar-refractivity contribution in [2.45, 2.75) is 46.1 Å². The minimum atomic E-state index is -0.666. The van der Waals surface area contributed by atoms with Crippen LogP contribution >= 0.6 is 0 Å². The lowest BCUT2D eigenvalue weighted by atomic mass is 9.88. The van der Waals surface area contributed by atoms with Crippen LogP contribution in [-0.2, 0) is 12.8 Å². The quantitative estimate of drug-likeness (QED) is 0.823. The second-order valence-corrected chi connectivity index (χ2v) is 4.70. The monoisotopic (exact) mass is 207 g/mol. The van der Waals surface area contributed by atoms with E-state index in [0.717, 1.165) is 12.1 Å². The summed E-state index contributed by atoms with van der Waals surface area (Å²) in [4.78, 5) is 4.36. The van der Waals surface area contributed by atoms with Gasteiger partial charge in [-0.15, -0.1) is 0 Å². The van der Waals surface area contributed by atoms with Crippen LogP contribution in [0.4, 0.5) is 0 Å². The molecule has 1 heterocycles. The van der Waals surface area contributed by atoms with Crippen molar-refractivity contribution in [1.29, 1.82) is 0 Å². The van der Waals surface area contributed by atoms with Gasteiger partial charge in [0.15, 0.2) is 0 Å². The fraction of sp³-hybridized carbons (Fsp3) is 0.615. The third kappa shape index (κ3) is 3.31. The Morgan fingerprint density at radius 3 is 2.47 bits per heavy atom. The zero-order valence-electron chi connectivity index (χ0n) is 10.1. The van der Waals surface area contributed by atoms with Crippen LogP contribution in [0.1, 0.15) is 39.0 Å². The summed E-state index contributed by atoms with van der Waals surface area (Å²) in [6.45, 7) is 8.04. The topological polar surface area (TPSA) is 33.1 Å². The number of aliphatic hydroxyl groups is 1. The van der Waals surface area contributed by atoms with Crippen molar-refractivity contribution in [2.75, 3.05) is 0 Å². The van der Waals surface area contributed by atoms with E-state index in [0.29, 0.717) is 6.42 Å². The summed E-state index contributed by atoms with van der Waals surface area (Å²) in [6.07, 6.45) is 3.52. The van der Waals surface area contributed by atoms with Crippen LogP contribution in [0, 0.1) is 5.92 Å². The molecule has 1 unspecified atom stereocenters. The summed E-state index contributed by atoms with van der Waals surface area (Å²) in [5, 5.41) is 10.1. The van der Waals surface area contributed by atoms with Crippen LogP contribution < -0.4 is 0 Å². The average Bonchev–Trinajstić information content (AvgIpc) is 2.18. The van der Waals surface area contributed by atoms with E-state index in [1.165, 1.54) is 5.56 Å². The summed E-state index contributed by atoms with van der Waals surface area (Å²) >= 11 is 0. The Morgan fingerprint density at radius 2 is 2.07 bits per heavy atom. The molecule has 84 valence electrons. The molecular formula is C13H21NO. The minimum absolute atomic E-state index is 0.241. The largest absolute Gasteiger partial charge is 0.390 e. The number of nitrogens with zero attached hydrogens (tertiary/aromatic N) is 1. The Labute approximate surface area is 92.4 Å². The lowest BCUT2D eigenvalue weighted by Crippen LogP contribution is -2.33. The second-order valence-electron chi connectivity index (χ2n) is 4.70. The number of aryl methyl sites for hydroxylation is 1. The molecule has 0 radical (unpaired) electrons. The lowest BCUT2D eigenvalue weighted by molar-refractivity contribution is 0.0131. The minimum Gasteiger partial charge on any atom is -0.390 e. The standard InChI is InChI=1S/C13H21NO/c1-5-11-6-7-12(14-9-11)8-13(4,15)10(2)3/h6-7,9-10,15H,5,8H2,1-4H3. The Balaban J connectivity index is 2.73. The first kappa shape index (κ1) is 12.2. The van der Waals surface area contributed by atoms with E-state index in [-0.39, 0.29) is 5.92 Å². The van der Waals surface area contributed by atoms with Crippen LogP contribution in [0.5, 0.6) is 0 Å². The van der Waals surface area contributed by atoms with Gasteiger partial charge in [0.1, 0.15) is 0 Å². The first-order valence-electron chi connectivity index (χ1n) is 5.62. The molecule has 1 N–H and O–H groups in total. The third-order valence-electron chi connectivity index (χ3n) is 3.08. The van der Waals surface area contributed by atoms with Crippen molar-refractivity contribution < 1.29 is 5.11 Å². The maximum absolute atomic E-state index is 10.1. The average molecular weight is 207 g/mol. The van der Waals surface area contributed by atoms with E-state index >= 15 is 0 Å². The number of aromatic nitrogens is 1. The molecular weight excluding hydrogens is 186 g/mol. The molecule has 0 aromatic carbocycles. The summed E-state index contributed by atoms with van der Waals surface area (Å²) in [7, 11) is 0. The first-order valence-corrected chi connectivity index (χ1v) is 5.62. The molecule has 1 aromatic rings. The number of hydrogen-bond acceptors (Lipinski definition) is 2. The van der Waals surface area contributed by atoms with Crippen molar-refractivity contribution in [1.82, 2.24) is 4.98 Å². The zero-order chi connectivity index (χ0) is 11.5. The predicted octanol–water partition coefficient (Wildman–Crippen LogP) is 2.59. The molecule has 0 fully saturated rings. The van der Waals surface area contributed by atoms with E-state index < -0.39 is 5.60 Å². The van der Waals surface area contributed by atoms with Gasteiger partial charge in [0.05, 0.1) is 5.60 Å². The van der Waals surface area contributed by atoms with E-state index in [2.05, 4.69) is 18.0 Å². The van der Waals surface area contributed by atoms with Gasteiger partial charge in [0.2, 0.25) is 0 Å².